The maximum absolute atomic E-state index is 10.9. The van der Waals surface area contributed by atoms with Gasteiger partial charge in [-0.2, -0.15) is 0 Å². The normalized spacial score (nSPS) is 10.7. The Balaban J connectivity index is 2.54. The second kappa shape index (κ2) is 4.48. The van der Waals surface area contributed by atoms with Crippen LogP contribution >= 0.6 is 0 Å². The molecule has 6 heteroatoms. The lowest BCUT2D eigenvalue weighted by Gasteiger charge is -2.01. The summed E-state index contributed by atoms with van der Waals surface area (Å²) in [7, 11) is 0. The Bertz CT molecular complexity index is 630. The number of nitrogens with one attached hydrogen (secondary N) is 1. The zero-order valence-electron chi connectivity index (χ0n) is 9.77. The smallest absolute Gasteiger partial charge is 0.303 e. The third-order valence-corrected chi connectivity index (χ3v) is 2.91. The second-order valence-corrected chi connectivity index (χ2v) is 4.12. The van der Waals surface area contributed by atoms with Crippen LogP contribution in [0.4, 0.5) is 5.69 Å². The first-order valence-electron chi connectivity index (χ1n) is 5.46. The molecule has 0 radical (unpaired) electrons. The van der Waals surface area contributed by atoms with Crippen LogP contribution in [0.5, 0.6) is 0 Å². The molecule has 0 saturated heterocycles. The molecule has 0 bridgehead atoms. The highest BCUT2D eigenvalue weighted by molar-refractivity contribution is 5.93. The number of aliphatic carboxylic acids is 1. The lowest BCUT2D eigenvalue weighted by Crippen LogP contribution is -1.97. The van der Waals surface area contributed by atoms with Gasteiger partial charge in [0.15, 0.2) is 0 Å². The van der Waals surface area contributed by atoms with Gasteiger partial charge in [0.2, 0.25) is 0 Å². The Labute approximate surface area is 102 Å². The summed E-state index contributed by atoms with van der Waals surface area (Å²) in [6, 6.07) is 3.13. The lowest BCUT2D eigenvalue weighted by atomic mass is 10.0. The number of benzene rings is 1. The lowest BCUT2D eigenvalue weighted by molar-refractivity contribution is -0.383. The molecular weight excluding hydrogens is 236 g/mol. The van der Waals surface area contributed by atoms with Gasteiger partial charge in [-0.25, -0.2) is 0 Å². The summed E-state index contributed by atoms with van der Waals surface area (Å²) in [6.45, 7) is 1.85. The van der Waals surface area contributed by atoms with Crippen molar-refractivity contribution >= 4 is 22.6 Å². The maximum atomic E-state index is 10.9. The Morgan fingerprint density at radius 2 is 2.22 bits per heavy atom. The van der Waals surface area contributed by atoms with E-state index in [4.69, 9.17) is 5.11 Å². The van der Waals surface area contributed by atoms with Crippen LogP contribution in [0.25, 0.3) is 10.9 Å². The van der Waals surface area contributed by atoms with Crippen LogP contribution in [-0.4, -0.2) is 21.0 Å². The summed E-state index contributed by atoms with van der Waals surface area (Å²) in [5.74, 6) is -0.882. The Kier molecular flexibility index (Phi) is 3.01. The van der Waals surface area contributed by atoms with Crippen LogP contribution in [0.1, 0.15) is 17.5 Å². The molecule has 2 N–H and O–H groups in total. The largest absolute Gasteiger partial charge is 0.481 e. The highest BCUT2D eigenvalue weighted by atomic mass is 16.6. The van der Waals surface area contributed by atoms with Gasteiger partial charge in [-0.05, 0) is 24.5 Å². The minimum Gasteiger partial charge on any atom is -0.481 e. The number of fused-ring (bicyclic) bond motifs is 1. The van der Waals surface area contributed by atoms with Gasteiger partial charge < -0.3 is 10.1 Å². The predicted octanol–water partition coefficient (Wildman–Crippen LogP) is 2.40. The zero-order valence-corrected chi connectivity index (χ0v) is 9.77. The van der Waals surface area contributed by atoms with Crippen molar-refractivity contribution in [2.24, 2.45) is 0 Å². The SMILES string of the molecule is Cc1ccc([N+](=O)[O-])c2[nH]cc(CCC(=O)O)c12. The van der Waals surface area contributed by atoms with Gasteiger partial charge in [0.05, 0.1) is 4.92 Å². The van der Waals surface area contributed by atoms with Crippen molar-refractivity contribution in [3.63, 3.8) is 0 Å². The van der Waals surface area contributed by atoms with Gasteiger partial charge in [0.1, 0.15) is 5.52 Å². The van der Waals surface area contributed by atoms with Crippen LogP contribution in [0, 0.1) is 17.0 Å². The van der Waals surface area contributed by atoms with Crippen LogP contribution < -0.4 is 0 Å². The summed E-state index contributed by atoms with van der Waals surface area (Å²) < 4.78 is 0. The molecule has 1 aromatic heterocycles. The number of carboxylic acids is 1. The molecule has 94 valence electrons. The summed E-state index contributed by atoms with van der Waals surface area (Å²) in [5.41, 5.74) is 2.17. The van der Waals surface area contributed by atoms with E-state index in [1.165, 1.54) is 6.07 Å². The molecule has 6 nitrogen and oxygen atoms in total. The third kappa shape index (κ3) is 2.04. The van der Waals surface area contributed by atoms with Crippen molar-refractivity contribution in [2.45, 2.75) is 19.8 Å². The molecule has 0 amide bonds. The number of nitro groups is 1. The van der Waals surface area contributed by atoms with Crippen molar-refractivity contribution in [3.05, 3.63) is 39.6 Å². The van der Waals surface area contributed by atoms with Crippen molar-refractivity contribution in [1.82, 2.24) is 4.98 Å². The molecule has 0 fully saturated rings. The number of H-pyrrole nitrogens is 1. The molecule has 2 aromatic rings. The predicted molar refractivity (Wildman–Crippen MR) is 65.6 cm³/mol. The number of carbonyl (C=O) groups is 1. The van der Waals surface area contributed by atoms with E-state index in [0.717, 1.165) is 16.5 Å². The fraction of sp³-hybridized carbons (Fsp3) is 0.250. The molecule has 0 unspecified atom stereocenters. The van der Waals surface area contributed by atoms with E-state index in [2.05, 4.69) is 4.98 Å². The van der Waals surface area contributed by atoms with E-state index >= 15 is 0 Å². The van der Waals surface area contributed by atoms with Crippen molar-refractivity contribution in [2.75, 3.05) is 0 Å². The molecule has 0 atom stereocenters. The quantitative estimate of drug-likeness (QED) is 0.641. The topological polar surface area (TPSA) is 96.2 Å². The summed E-state index contributed by atoms with van der Waals surface area (Å²) in [5, 5.41) is 20.3. The number of hydrogen-bond acceptors (Lipinski definition) is 3. The fourth-order valence-electron chi connectivity index (χ4n) is 2.08. The molecule has 0 aliphatic heterocycles. The number of aromatic nitrogens is 1. The van der Waals surface area contributed by atoms with Crippen molar-refractivity contribution < 1.29 is 14.8 Å². The monoisotopic (exact) mass is 248 g/mol. The van der Waals surface area contributed by atoms with Crippen LogP contribution in [-0.2, 0) is 11.2 Å². The van der Waals surface area contributed by atoms with Gasteiger partial charge in [0, 0.05) is 24.1 Å². The molecule has 0 aliphatic rings. The van der Waals surface area contributed by atoms with Gasteiger partial charge >= 0.3 is 5.97 Å². The standard InChI is InChI=1S/C12H12N2O4/c1-7-2-4-9(14(17)18)12-11(7)8(6-13-12)3-5-10(15)16/h2,4,6,13H,3,5H2,1H3,(H,15,16). The molecule has 0 saturated carbocycles. The minimum atomic E-state index is -0.882. The van der Waals surface area contributed by atoms with Gasteiger partial charge in [0.25, 0.3) is 5.69 Å². The number of nitrogens with zero attached hydrogens (tertiary/aromatic N) is 1. The fourth-order valence-corrected chi connectivity index (χ4v) is 2.08. The average molecular weight is 248 g/mol. The number of nitro benzene ring substituents is 1. The molecule has 2 rings (SSSR count). The van der Waals surface area contributed by atoms with E-state index in [0.29, 0.717) is 11.9 Å². The molecule has 18 heavy (non-hydrogen) atoms. The second-order valence-electron chi connectivity index (χ2n) is 4.12. The molecule has 0 aliphatic carbocycles. The van der Waals surface area contributed by atoms with E-state index < -0.39 is 10.9 Å². The average Bonchev–Trinajstić information content (AvgIpc) is 2.71. The molecule has 1 heterocycles. The van der Waals surface area contributed by atoms with E-state index in [9.17, 15) is 14.9 Å². The summed E-state index contributed by atoms with van der Waals surface area (Å²) in [6.07, 6.45) is 2.01. The highest BCUT2D eigenvalue weighted by Gasteiger charge is 2.17. The molecule has 1 aromatic carbocycles. The van der Waals surface area contributed by atoms with Gasteiger partial charge in [-0.15, -0.1) is 0 Å². The Morgan fingerprint density at radius 1 is 1.50 bits per heavy atom. The number of aromatic amines is 1. The first-order valence-corrected chi connectivity index (χ1v) is 5.46. The number of non-ortho nitro benzene ring substituents is 1. The maximum Gasteiger partial charge on any atom is 0.303 e. The molecule has 0 spiro atoms. The summed E-state index contributed by atoms with van der Waals surface area (Å²) in [4.78, 5) is 23.9. The highest BCUT2D eigenvalue weighted by Crippen LogP contribution is 2.30. The Hall–Kier alpha value is -2.37. The Morgan fingerprint density at radius 3 is 2.83 bits per heavy atom. The van der Waals surface area contributed by atoms with Gasteiger partial charge in [-0.1, -0.05) is 6.07 Å². The first kappa shape index (κ1) is 12.1. The number of hydrogen-bond donors (Lipinski definition) is 2. The zero-order chi connectivity index (χ0) is 13.3. The first-order chi connectivity index (χ1) is 8.50. The molecular formula is C12H12N2O4. The number of aryl methyl sites for hydroxylation is 2. The van der Waals surface area contributed by atoms with Crippen LogP contribution in [0.15, 0.2) is 18.3 Å². The van der Waals surface area contributed by atoms with E-state index in [1.807, 2.05) is 6.92 Å². The number of rotatable bonds is 4. The van der Waals surface area contributed by atoms with Crippen molar-refractivity contribution in [1.29, 1.82) is 0 Å². The minimum absolute atomic E-state index is 0.00901. The van der Waals surface area contributed by atoms with E-state index in [1.54, 1.807) is 12.3 Å². The third-order valence-electron chi connectivity index (χ3n) is 2.91. The van der Waals surface area contributed by atoms with E-state index in [-0.39, 0.29) is 12.1 Å². The summed E-state index contributed by atoms with van der Waals surface area (Å²) >= 11 is 0. The number of carboxylic acid groups (broad SMARTS) is 1. The van der Waals surface area contributed by atoms with Crippen molar-refractivity contribution in [3.8, 4) is 0 Å². The van der Waals surface area contributed by atoms with Gasteiger partial charge in [-0.3, -0.25) is 14.9 Å². The van der Waals surface area contributed by atoms with Crippen LogP contribution in [0.2, 0.25) is 0 Å². The van der Waals surface area contributed by atoms with Crippen LogP contribution in [0.3, 0.4) is 0 Å².